The zero-order valence-electron chi connectivity index (χ0n) is 7.12. The first-order valence-electron chi connectivity index (χ1n) is 4.10. The number of hydrogen-bond acceptors (Lipinski definition) is 3. The number of Topliss-reactive ketones (excluding diaryl/α,β-unsaturated/α-hetero) is 1. The summed E-state index contributed by atoms with van der Waals surface area (Å²) in [6.45, 7) is 0. The van der Waals surface area contributed by atoms with Gasteiger partial charge in [0, 0.05) is 16.1 Å². The highest BCUT2D eigenvalue weighted by molar-refractivity contribution is 14.1. The second-order valence-corrected chi connectivity index (χ2v) is 4.26. The van der Waals surface area contributed by atoms with Gasteiger partial charge in [-0.25, -0.2) is 0 Å². The van der Waals surface area contributed by atoms with E-state index in [9.17, 15) is 14.9 Å². The fourth-order valence-electron chi connectivity index (χ4n) is 1.68. The van der Waals surface area contributed by atoms with E-state index in [1.54, 1.807) is 6.07 Å². The first kappa shape index (κ1) is 9.57. The lowest BCUT2D eigenvalue weighted by molar-refractivity contribution is -0.385. The van der Waals surface area contributed by atoms with Gasteiger partial charge in [-0.1, -0.05) is 0 Å². The summed E-state index contributed by atoms with van der Waals surface area (Å²) >= 11 is 2.10. The maximum atomic E-state index is 11.4. The summed E-state index contributed by atoms with van der Waals surface area (Å²) in [6.07, 6.45) is 1.03. The minimum absolute atomic E-state index is 0.0529. The number of benzene rings is 1. The maximum absolute atomic E-state index is 11.4. The van der Waals surface area contributed by atoms with Crippen molar-refractivity contribution >= 4 is 34.1 Å². The number of nitro benzene ring substituents is 1. The Kier molecular flexibility index (Phi) is 2.26. The lowest BCUT2D eigenvalue weighted by Gasteiger charge is -2.01. The van der Waals surface area contributed by atoms with Crippen molar-refractivity contribution in [2.45, 2.75) is 12.8 Å². The number of nitrogens with zero attached hydrogens (tertiary/aromatic N) is 1. The molecule has 0 saturated carbocycles. The fraction of sp³-hybridized carbons (Fsp3) is 0.222. The largest absolute Gasteiger partial charge is 0.294 e. The molecule has 14 heavy (non-hydrogen) atoms. The molecule has 2 rings (SSSR count). The average molecular weight is 303 g/mol. The summed E-state index contributed by atoms with van der Waals surface area (Å²) < 4.78 is 0.939. The van der Waals surface area contributed by atoms with Gasteiger partial charge < -0.3 is 0 Å². The van der Waals surface area contributed by atoms with E-state index in [0.717, 1.165) is 9.13 Å². The Morgan fingerprint density at radius 3 is 2.71 bits per heavy atom. The lowest BCUT2D eigenvalue weighted by atomic mass is 10.1. The molecule has 0 unspecified atom stereocenters. The van der Waals surface area contributed by atoms with Crippen LogP contribution >= 0.6 is 22.6 Å². The lowest BCUT2D eigenvalue weighted by Crippen LogP contribution is -2.00. The van der Waals surface area contributed by atoms with Crippen molar-refractivity contribution < 1.29 is 9.72 Å². The van der Waals surface area contributed by atoms with Crippen LogP contribution in [0.4, 0.5) is 5.69 Å². The maximum Gasteiger partial charge on any atom is 0.280 e. The predicted octanol–water partition coefficient (Wildman–Crippen LogP) is 2.33. The molecule has 1 aromatic carbocycles. The molecule has 0 radical (unpaired) electrons. The van der Waals surface area contributed by atoms with Gasteiger partial charge in [0.15, 0.2) is 5.78 Å². The van der Waals surface area contributed by atoms with Gasteiger partial charge in [0.25, 0.3) is 5.69 Å². The van der Waals surface area contributed by atoms with Crippen molar-refractivity contribution in [3.8, 4) is 0 Å². The summed E-state index contributed by atoms with van der Waals surface area (Å²) in [5.41, 5.74) is 1.11. The van der Waals surface area contributed by atoms with Gasteiger partial charge in [0.1, 0.15) is 0 Å². The SMILES string of the molecule is O=C1CCc2c(I)ccc([N+](=O)[O-])c21. The molecule has 1 aliphatic carbocycles. The van der Waals surface area contributed by atoms with E-state index in [0.29, 0.717) is 18.4 Å². The number of fused-ring (bicyclic) bond motifs is 1. The standard InChI is InChI=1S/C9H6INO3/c10-6-2-3-7(11(13)14)9-5(6)1-4-8(9)12/h2-3H,1,4H2. The summed E-state index contributed by atoms with van der Waals surface area (Å²) in [6, 6.07) is 3.10. The number of carbonyl (C=O) groups is 1. The second-order valence-electron chi connectivity index (χ2n) is 3.10. The Morgan fingerprint density at radius 2 is 2.07 bits per heavy atom. The van der Waals surface area contributed by atoms with Crippen LogP contribution in [0, 0.1) is 13.7 Å². The molecule has 0 spiro atoms. The zero-order chi connectivity index (χ0) is 10.3. The molecule has 0 aromatic heterocycles. The third-order valence-corrected chi connectivity index (χ3v) is 3.32. The number of hydrogen-bond donors (Lipinski definition) is 0. The fourth-order valence-corrected chi connectivity index (χ4v) is 2.40. The molecule has 5 heteroatoms. The minimum Gasteiger partial charge on any atom is -0.294 e. The summed E-state index contributed by atoms with van der Waals surface area (Å²) in [7, 11) is 0. The Morgan fingerprint density at radius 1 is 1.36 bits per heavy atom. The van der Waals surface area contributed by atoms with Gasteiger partial charge in [0.2, 0.25) is 0 Å². The van der Waals surface area contributed by atoms with Crippen molar-refractivity contribution in [2.75, 3.05) is 0 Å². The van der Waals surface area contributed by atoms with Crippen LogP contribution in [0.2, 0.25) is 0 Å². The van der Waals surface area contributed by atoms with E-state index in [-0.39, 0.29) is 11.5 Å². The normalized spacial score (nSPS) is 14.2. The second kappa shape index (κ2) is 3.30. The number of carbonyl (C=O) groups excluding carboxylic acids is 1. The van der Waals surface area contributed by atoms with Gasteiger partial charge >= 0.3 is 0 Å². The molecule has 0 aliphatic heterocycles. The topological polar surface area (TPSA) is 60.2 Å². The Labute approximate surface area is 93.6 Å². The summed E-state index contributed by atoms with van der Waals surface area (Å²) in [5.74, 6) is -0.106. The molecule has 72 valence electrons. The van der Waals surface area contributed by atoms with Crippen LogP contribution in [0.5, 0.6) is 0 Å². The number of nitro groups is 1. The quantitative estimate of drug-likeness (QED) is 0.454. The number of ketones is 1. The van der Waals surface area contributed by atoms with E-state index in [2.05, 4.69) is 22.6 Å². The molecule has 0 bridgehead atoms. The minimum atomic E-state index is -0.488. The number of halogens is 1. The van der Waals surface area contributed by atoms with Crippen LogP contribution in [0.3, 0.4) is 0 Å². The monoisotopic (exact) mass is 303 g/mol. The highest BCUT2D eigenvalue weighted by Crippen LogP contribution is 2.33. The molecule has 0 heterocycles. The van der Waals surface area contributed by atoms with Crippen molar-refractivity contribution in [2.24, 2.45) is 0 Å². The highest BCUT2D eigenvalue weighted by Gasteiger charge is 2.30. The molecule has 1 aromatic rings. The zero-order valence-corrected chi connectivity index (χ0v) is 9.28. The summed E-state index contributed by atoms with van der Waals surface area (Å²) in [5, 5.41) is 10.7. The first-order valence-corrected chi connectivity index (χ1v) is 5.18. The average Bonchev–Trinajstić information content (AvgIpc) is 2.50. The molecule has 0 saturated heterocycles. The molecule has 0 amide bonds. The van der Waals surface area contributed by atoms with Crippen molar-refractivity contribution in [3.63, 3.8) is 0 Å². The summed E-state index contributed by atoms with van der Waals surface area (Å²) in [4.78, 5) is 21.6. The smallest absolute Gasteiger partial charge is 0.280 e. The molecular formula is C9H6INO3. The molecule has 0 N–H and O–H groups in total. The van der Waals surface area contributed by atoms with E-state index in [4.69, 9.17) is 0 Å². The Bertz CT molecular complexity index is 442. The van der Waals surface area contributed by atoms with Gasteiger partial charge in [-0.2, -0.15) is 0 Å². The van der Waals surface area contributed by atoms with E-state index >= 15 is 0 Å². The van der Waals surface area contributed by atoms with Crippen LogP contribution in [-0.4, -0.2) is 10.7 Å². The first-order chi connectivity index (χ1) is 6.61. The molecular weight excluding hydrogens is 297 g/mol. The Hall–Kier alpha value is -0.980. The van der Waals surface area contributed by atoms with Crippen LogP contribution in [-0.2, 0) is 6.42 Å². The van der Waals surface area contributed by atoms with E-state index < -0.39 is 4.92 Å². The van der Waals surface area contributed by atoms with Gasteiger partial charge in [0.05, 0.1) is 10.5 Å². The van der Waals surface area contributed by atoms with Crippen molar-refractivity contribution in [1.82, 2.24) is 0 Å². The number of rotatable bonds is 1. The van der Waals surface area contributed by atoms with E-state index in [1.807, 2.05) is 0 Å². The van der Waals surface area contributed by atoms with Crippen LogP contribution in [0.25, 0.3) is 0 Å². The van der Waals surface area contributed by atoms with Crippen LogP contribution in [0.15, 0.2) is 12.1 Å². The van der Waals surface area contributed by atoms with Crippen LogP contribution in [0.1, 0.15) is 22.3 Å². The molecule has 0 fully saturated rings. The highest BCUT2D eigenvalue weighted by atomic mass is 127. The third kappa shape index (κ3) is 1.31. The van der Waals surface area contributed by atoms with Crippen molar-refractivity contribution in [3.05, 3.63) is 36.9 Å². The van der Waals surface area contributed by atoms with E-state index in [1.165, 1.54) is 6.07 Å². The van der Waals surface area contributed by atoms with Gasteiger partial charge in [-0.15, -0.1) is 0 Å². The molecule has 1 aliphatic rings. The molecule has 4 nitrogen and oxygen atoms in total. The predicted molar refractivity (Wildman–Crippen MR) is 58.5 cm³/mol. The Balaban J connectivity index is 2.72. The van der Waals surface area contributed by atoms with Crippen LogP contribution < -0.4 is 0 Å². The van der Waals surface area contributed by atoms with Gasteiger partial charge in [-0.05, 0) is 40.6 Å². The molecule has 0 atom stereocenters. The van der Waals surface area contributed by atoms with Gasteiger partial charge in [-0.3, -0.25) is 14.9 Å². The third-order valence-electron chi connectivity index (χ3n) is 2.31. The van der Waals surface area contributed by atoms with Crippen molar-refractivity contribution in [1.29, 1.82) is 0 Å².